The first-order chi connectivity index (χ1) is 12.5. The van der Waals surface area contributed by atoms with Crippen molar-refractivity contribution in [3.8, 4) is 0 Å². The fraction of sp³-hybridized carbons (Fsp3) is 0.238. The van der Waals surface area contributed by atoms with Gasteiger partial charge >= 0.3 is 0 Å². The molecule has 5 heteroatoms. The second kappa shape index (κ2) is 7.95. The number of hydrogen-bond acceptors (Lipinski definition) is 3. The van der Waals surface area contributed by atoms with Gasteiger partial charge in [0.05, 0.1) is 5.52 Å². The number of carbonyl (C=O) groups excluding carboxylic acids is 1. The predicted molar refractivity (Wildman–Crippen MR) is 104 cm³/mol. The first-order valence-corrected chi connectivity index (χ1v) is 8.68. The number of benzene rings is 2. The van der Waals surface area contributed by atoms with E-state index in [-0.39, 0.29) is 11.7 Å². The molecular weight excluding hydrogens is 329 g/mol. The van der Waals surface area contributed by atoms with Crippen LogP contribution in [0.2, 0.25) is 0 Å². The molecular formula is C21H22FN3O. The van der Waals surface area contributed by atoms with Crippen molar-refractivity contribution < 1.29 is 9.18 Å². The summed E-state index contributed by atoms with van der Waals surface area (Å²) in [4.78, 5) is 16.1. The Morgan fingerprint density at radius 3 is 2.81 bits per heavy atom. The summed E-state index contributed by atoms with van der Waals surface area (Å²) in [6.45, 7) is 4.63. The number of fused-ring (bicyclic) bond motifs is 1. The third kappa shape index (κ3) is 4.57. The summed E-state index contributed by atoms with van der Waals surface area (Å²) in [6.07, 6.45) is 2.16. The van der Waals surface area contributed by atoms with E-state index < -0.39 is 0 Å². The van der Waals surface area contributed by atoms with Crippen LogP contribution < -0.4 is 10.6 Å². The van der Waals surface area contributed by atoms with Crippen molar-refractivity contribution in [1.29, 1.82) is 0 Å². The predicted octanol–water partition coefficient (Wildman–Crippen LogP) is 4.97. The van der Waals surface area contributed by atoms with Gasteiger partial charge in [-0.3, -0.25) is 9.78 Å². The van der Waals surface area contributed by atoms with Gasteiger partial charge in [-0.2, -0.15) is 0 Å². The monoisotopic (exact) mass is 351 g/mol. The molecule has 3 aromatic rings. The maximum absolute atomic E-state index is 13.4. The lowest BCUT2D eigenvalue weighted by Gasteiger charge is -2.11. The van der Waals surface area contributed by atoms with Crippen molar-refractivity contribution in [1.82, 2.24) is 4.98 Å². The first-order valence-electron chi connectivity index (χ1n) is 8.68. The van der Waals surface area contributed by atoms with Gasteiger partial charge in [-0.15, -0.1) is 0 Å². The Morgan fingerprint density at radius 1 is 1.15 bits per heavy atom. The van der Waals surface area contributed by atoms with E-state index in [0.29, 0.717) is 24.4 Å². The third-order valence-corrected chi connectivity index (χ3v) is 3.99. The second-order valence-electron chi connectivity index (χ2n) is 6.72. The molecule has 0 radical (unpaired) electrons. The molecule has 0 aliphatic rings. The summed E-state index contributed by atoms with van der Waals surface area (Å²) >= 11 is 0. The molecule has 1 amide bonds. The quantitative estimate of drug-likeness (QED) is 0.659. The van der Waals surface area contributed by atoms with Gasteiger partial charge < -0.3 is 10.6 Å². The van der Waals surface area contributed by atoms with Crippen LogP contribution >= 0.6 is 0 Å². The van der Waals surface area contributed by atoms with E-state index >= 15 is 0 Å². The largest absolute Gasteiger partial charge is 0.380 e. The summed E-state index contributed by atoms with van der Waals surface area (Å²) in [5.41, 5.74) is 3.34. The van der Waals surface area contributed by atoms with Crippen LogP contribution in [0.15, 0.2) is 54.7 Å². The zero-order valence-corrected chi connectivity index (χ0v) is 14.9. The number of amides is 1. The van der Waals surface area contributed by atoms with E-state index in [1.54, 1.807) is 12.3 Å². The Morgan fingerprint density at radius 2 is 2.00 bits per heavy atom. The molecule has 0 spiro atoms. The topological polar surface area (TPSA) is 54.0 Å². The van der Waals surface area contributed by atoms with Crippen molar-refractivity contribution >= 4 is 28.2 Å². The van der Waals surface area contributed by atoms with Crippen LogP contribution in [0.25, 0.3) is 10.9 Å². The Bertz CT molecular complexity index is 924. The Hall–Kier alpha value is -2.95. The lowest BCUT2D eigenvalue weighted by Crippen LogP contribution is -2.14. The summed E-state index contributed by atoms with van der Waals surface area (Å²) in [5.74, 6) is 0.0453. The van der Waals surface area contributed by atoms with Crippen molar-refractivity contribution in [2.45, 2.75) is 26.8 Å². The number of anilines is 2. The van der Waals surface area contributed by atoms with E-state index in [0.717, 1.165) is 22.3 Å². The average molecular weight is 351 g/mol. The molecule has 3 rings (SSSR count). The van der Waals surface area contributed by atoms with Crippen molar-refractivity contribution in [2.24, 2.45) is 5.92 Å². The highest BCUT2D eigenvalue weighted by atomic mass is 19.1. The second-order valence-corrected chi connectivity index (χ2v) is 6.72. The molecule has 134 valence electrons. The minimum absolute atomic E-state index is 0.0206. The highest BCUT2D eigenvalue weighted by Crippen LogP contribution is 2.23. The Balaban J connectivity index is 1.70. The normalized spacial score (nSPS) is 10.9. The maximum Gasteiger partial charge on any atom is 0.224 e. The summed E-state index contributed by atoms with van der Waals surface area (Å²) in [7, 11) is 0. The van der Waals surface area contributed by atoms with Crippen LogP contribution in [-0.2, 0) is 11.3 Å². The van der Waals surface area contributed by atoms with Crippen molar-refractivity contribution in [3.63, 3.8) is 0 Å². The third-order valence-electron chi connectivity index (χ3n) is 3.99. The van der Waals surface area contributed by atoms with Crippen LogP contribution in [0, 0.1) is 11.7 Å². The maximum atomic E-state index is 13.4. The SMILES string of the molecule is CC(C)CC(=O)Nc1cccc(CNc2ccnc3cc(F)ccc23)c1. The number of pyridine rings is 1. The number of nitrogens with one attached hydrogen (secondary N) is 2. The van der Waals surface area contributed by atoms with Crippen LogP contribution in [-0.4, -0.2) is 10.9 Å². The highest BCUT2D eigenvalue weighted by molar-refractivity contribution is 5.91. The van der Waals surface area contributed by atoms with E-state index in [2.05, 4.69) is 15.6 Å². The lowest BCUT2D eigenvalue weighted by atomic mass is 10.1. The summed E-state index contributed by atoms with van der Waals surface area (Å²) < 4.78 is 13.4. The molecule has 2 N–H and O–H groups in total. The van der Waals surface area contributed by atoms with Gasteiger partial charge in [-0.1, -0.05) is 26.0 Å². The Kier molecular flexibility index (Phi) is 5.46. The fourth-order valence-corrected chi connectivity index (χ4v) is 2.81. The van der Waals surface area contributed by atoms with Gasteiger partial charge in [-0.05, 0) is 41.8 Å². The van der Waals surface area contributed by atoms with E-state index in [9.17, 15) is 9.18 Å². The molecule has 0 aliphatic carbocycles. The van der Waals surface area contributed by atoms with Crippen molar-refractivity contribution in [2.75, 3.05) is 10.6 Å². The standard InChI is InChI=1S/C21H22FN3O/c1-14(2)10-21(26)25-17-5-3-4-15(11-17)13-24-19-8-9-23-20-12-16(22)6-7-18(19)20/h3-9,11-12,14H,10,13H2,1-2H3,(H,23,24)(H,25,26). The summed E-state index contributed by atoms with van der Waals surface area (Å²) in [5, 5.41) is 7.16. The number of carbonyl (C=O) groups is 1. The zero-order chi connectivity index (χ0) is 18.5. The molecule has 0 saturated heterocycles. The number of aromatic nitrogens is 1. The van der Waals surface area contributed by atoms with Crippen LogP contribution in [0.1, 0.15) is 25.8 Å². The van der Waals surface area contributed by atoms with Gasteiger partial charge in [0.15, 0.2) is 0 Å². The molecule has 1 aromatic heterocycles. The molecule has 2 aromatic carbocycles. The molecule has 26 heavy (non-hydrogen) atoms. The lowest BCUT2D eigenvalue weighted by molar-refractivity contribution is -0.116. The number of rotatable bonds is 6. The van der Waals surface area contributed by atoms with Gasteiger partial charge in [0.1, 0.15) is 5.82 Å². The summed E-state index contributed by atoms with van der Waals surface area (Å²) in [6, 6.07) is 14.2. The van der Waals surface area contributed by atoms with E-state index in [1.165, 1.54) is 12.1 Å². The van der Waals surface area contributed by atoms with Gasteiger partial charge in [-0.25, -0.2) is 4.39 Å². The van der Waals surface area contributed by atoms with Gasteiger partial charge in [0, 0.05) is 42.0 Å². The molecule has 0 unspecified atom stereocenters. The number of hydrogen-bond donors (Lipinski definition) is 2. The number of nitrogens with zero attached hydrogens (tertiary/aromatic N) is 1. The fourth-order valence-electron chi connectivity index (χ4n) is 2.81. The highest BCUT2D eigenvalue weighted by Gasteiger charge is 2.06. The van der Waals surface area contributed by atoms with Crippen LogP contribution in [0.5, 0.6) is 0 Å². The van der Waals surface area contributed by atoms with Crippen LogP contribution in [0.3, 0.4) is 0 Å². The van der Waals surface area contributed by atoms with Crippen molar-refractivity contribution in [3.05, 3.63) is 66.1 Å². The van der Waals surface area contributed by atoms with Gasteiger partial charge in [0.25, 0.3) is 0 Å². The molecule has 0 atom stereocenters. The molecule has 0 fully saturated rings. The average Bonchev–Trinajstić information content (AvgIpc) is 2.59. The molecule has 0 saturated carbocycles. The Labute approximate surface area is 152 Å². The van der Waals surface area contributed by atoms with Crippen LogP contribution in [0.4, 0.5) is 15.8 Å². The number of halogens is 1. The minimum Gasteiger partial charge on any atom is -0.380 e. The molecule has 0 aliphatic heterocycles. The van der Waals surface area contributed by atoms with E-state index in [4.69, 9.17) is 0 Å². The smallest absolute Gasteiger partial charge is 0.224 e. The minimum atomic E-state index is -0.299. The molecule has 1 heterocycles. The van der Waals surface area contributed by atoms with E-state index in [1.807, 2.05) is 44.2 Å². The molecule has 4 nitrogen and oxygen atoms in total. The molecule has 0 bridgehead atoms. The first kappa shape index (κ1) is 17.9. The zero-order valence-electron chi connectivity index (χ0n) is 14.9. The van der Waals surface area contributed by atoms with Gasteiger partial charge in [0.2, 0.25) is 5.91 Å².